The summed E-state index contributed by atoms with van der Waals surface area (Å²) in [5.41, 5.74) is 0.971. The number of hydrogen-bond acceptors (Lipinski definition) is 2. The van der Waals surface area contributed by atoms with E-state index in [1.54, 1.807) is 42.5 Å². The molecule has 0 N–H and O–H groups in total. The summed E-state index contributed by atoms with van der Waals surface area (Å²) in [5, 5.41) is 0. The SMILES string of the molecule is C=C/C=C\CN1C(=O)c2ccccc2C1=O. The first kappa shape index (κ1) is 10.4. The van der Waals surface area contributed by atoms with Crippen LogP contribution in [0, 0.1) is 0 Å². The molecule has 0 spiro atoms. The van der Waals surface area contributed by atoms with Crippen molar-refractivity contribution in [3.8, 4) is 0 Å². The zero-order valence-corrected chi connectivity index (χ0v) is 8.72. The molecular weight excluding hydrogens is 202 g/mol. The number of carbonyl (C=O) groups is 2. The van der Waals surface area contributed by atoms with Crippen molar-refractivity contribution in [1.29, 1.82) is 0 Å². The highest BCUT2D eigenvalue weighted by Crippen LogP contribution is 2.21. The molecule has 2 amide bonds. The van der Waals surface area contributed by atoms with Gasteiger partial charge in [0.05, 0.1) is 11.1 Å². The lowest BCUT2D eigenvalue weighted by molar-refractivity contribution is 0.0672. The van der Waals surface area contributed by atoms with E-state index in [1.807, 2.05) is 0 Å². The zero-order chi connectivity index (χ0) is 11.5. The Morgan fingerprint density at radius 3 is 2.19 bits per heavy atom. The van der Waals surface area contributed by atoms with Crippen molar-refractivity contribution in [1.82, 2.24) is 4.90 Å². The first-order chi connectivity index (χ1) is 7.75. The van der Waals surface area contributed by atoms with E-state index >= 15 is 0 Å². The number of hydrogen-bond donors (Lipinski definition) is 0. The molecule has 1 aliphatic rings. The molecule has 0 fully saturated rings. The van der Waals surface area contributed by atoms with E-state index < -0.39 is 0 Å². The van der Waals surface area contributed by atoms with E-state index in [9.17, 15) is 9.59 Å². The molecule has 0 aromatic heterocycles. The Morgan fingerprint density at radius 2 is 1.69 bits per heavy atom. The summed E-state index contributed by atoms with van der Waals surface area (Å²) in [6.45, 7) is 3.82. The number of fused-ring (bicyclic) bond motifs is 1. The average Bonchev–Trinajstić information content (AvgIpc) is 2.55. The van der Waals surface area contributed by atoms with E-state index in [-0.39, 0.29) is 11.8 Å². The summed E-state index contributed by atoms with van der Waals surface area (Å²) in [7, 11) is 0. The summed E-state index contributed by atoms with van der Waals surface area (Å²) < 4.78 is 0. The van der Waals surface area contributed by atoms with Crippen LogP contribution in [0.2, 0.25) is 0 Å². The zero-order valence-electron chi connectivity index (χ0n) is 8.72. The third-order valence-corrected chi connectivity index (χ3v) is 2.44. The number of carbonyl (C=O) groups excluding carboxylic acids is 2. The van der Waals surface area contributed by atoms with Crippen LogP contribution in [0.15, 0.2) is 49.1 Å². The molecule has 0 unspecified atom stereocenters. The number of allylic oxidation sites excluding steroid dienone is 2. The standard InChI is InChI=1S/C13H11NO2/c1-2-3-6-9-14-12(15)10-7-4-5-8-11(10)13(14)16/h2-8H,1,9H2/b6-3-. The quantitative estimate of drug-likeness (QED) is 0.569. The van der Waals surface area contributed by atoms with Gasteiger partial charge in [-0.25, -0.2) is 0 Å². The molecule has 1 aromatic rings. The predicted molar refractivity (Wildman–Crippen MR) is 61.1 cm³/mol. The minimum Gasteiger partial charge on any atom is -0.270 e. The Bertz CT molecular complexity index is 453. The summed E-state index contributed by atoms with van der Waals surface area (Å²) in [6, 6.07) is 6.86. The lowest BCUT2D eigenvalue weighted by atomic mass is 10.1. The second-order valence-corrected chi connectivity index (χ2v) is 3.43. The highest BCUT2D eigenvalue weighted by Gasteiger charge is 2.33. The maximum atomic E-state index is 11.8. The molecule has 0 aliphatic carbocycles. The topological polar surface area (TPSA) is 37.4 Å². The fourth-order valence-corrected chi connectivity index (χ4v) is 1.67. The molecular formula is C13H11NO2. The van der Waals surface area contributed by atoms with Gasteiger partial charge in [-0.2, -0.15) is 0 Å². The Labute approximate surface area is 93.7 Å². The van der Waals surface area contributed by atoms with Crippen LogP contribution < -0.4 is 0 Å². The van der Waals surface area contributed by atoms with Gasteiger partial charge in [-0.3, -0.25) is 14.5 Å². The lowest BCUT2D eigenvalue weighted by Crippen LogP contribution is -2.29. The first-order valence-corrected chi connectivity index (χ1v) is 4.98. The maximum absolute atomic E-state index is 11.8. The lowest BCUT2D eigenvalue weighted by Gasteiger charge is -2.09. The van der Waals surface area contributed by atoms with Crippen LogP contribution in [-0.4, -0.2) is 23.3 Å². The van der Waals surface area contributed by atoms with Crippen LogP contribution in [0.4, 0.5) is 0 Å². The van der Waals surface area contributed by atoms with Crippen molar-refractivity contribution in [3.05, 3.63) is 60.2 Å². The molecule has 2 rings (SSSR count). The average molecular weight is 213 g/mol. The van der Waals surface area contributed by atoms with Crippen molar-refractivity contribution >= 4 is 11.8 Å². The van der Waals surface area contributed by atoms with Gasteiger partial charge in [-0.15, -0.1) is 0 Å². The van der Waals surface area contributed by atoms with Crippen molar-refractivity contribution in [2.24, 2.45) is 0 Å². The van der Waals surface area contributed by atoms with Gasteiger partial charge < -0.3 is 0 Å². The third kappa shape index (κ3) is 1.56. The maximum Gasteiger partial charge on any atom is 0.261 e. The van der Waals surface area contributed by atoms with Gasteiger partial charge in [0.25, 0.3) is 11.8 Å². The van der Waals surface area contributed by atoms with E-state index in [0.29, 0.717) is 17.7 Å². The molecule has 3 nitrogen and oxygen atoms in total. The molecule has 1 heterocycles. The largest absolute Gasteiger partial charge is 0.270 e. The van der Waals surface area contributed by atoms with Gasteiger partial charge in [0.2, 0.25) is 0 Å². The Balaban J connectivity index is 2.28. The van der Waals surface area contributed by atoms with Crippen molar-refractivity contribution in [2.75, 3.05) is 6.54 Å². The molecule has 16 heavy (non-hydrogen) atoms. The fraction of sp³-hybridized carbons (Fsp3) is 0.0769. The minimum absolute atomic E-state index is 0.227. The van der Waals surface area contributed by atoms with Gasteiger partial charge in [0, 0.05) is 6.54 Å². The molecule has 0 radical (unpaired) electrons. The van der Waals surface area contributed by atoms with Gasteiger partial charge in [0.15, 0.2) is 0 Å². The van der Waals surface area contributed by atoms with E-state index in [2.05, 4.69) is 6.58 Å². The van der Waals surface area contributed by atoms with Crippen LogP contribution >= 0.6 is 0 Å². The van der Waals surface area contributed by atoms with Crippen LogP contribution in [0.25, 0.3) is 0 Å². The first-order valence-electron chi connectivity index (χ1n) is 4.98. The van der Waals surface area contributed by atoms with E-state index in [0.717, 1.165) is 0 Å². The van der Waals surface area contributed by atoms with E-state index in [1.165, 1.54) is 4.90 Å². The smallest absolute Gasteiger partial charge is 0.261 e. The summed E-state index contributed by atoms with van der Waals surface area (Å²) in [5.74, 6) is -0.455. The second kappa shape index (κ2) is 4.14. The molecule has 3 heteroatoms. The summed E-state index contributed by atoms with van der Waals surface area (Å²) in [4.78, 5) is 24.9. The number of nitrogens with zero attached hydrogens (tertiary/aromatic N) is 1. The number of amides is 2. The summed E-state index contributed by atoms with van der Waals surface area (Å²) in [6.07, 6.45) is 5.05. The van der Waals surface area contributed by atoms with E-state index in [4.69, 9.17) is 0 Å². The van der Waals surface area contributed by atoms with Crippen molar-refractivity contribution in [3.63, 3.8) is 0 Å². The van der Waals surface area contributed by atoms with Gasteiger partial charge in [-0.1, -0.05) is 36.9 Å². The number of imide groups is 1. The molecule has 1 aromatic carbocycles. The van der Waals surface area contributed by atoms with Crippen LogP contribution in [0.5, 0.6) is 0 Å². The van der Waals surface area contributed by atoms with Gasteiger partial charge in [-0.05, 0) is 12.1 Å². The Morgan fingerprint density at radius 1 is 1.12 bits per heavy atom. The molecule has 0 saturated heterocycles. The number of rotatable bonds is 3. The molecule has 1 aliphatic heterocycles. The van der Waals surface area contributed by atoms with Crippen molar-refractivity contribution < 1.29 is 9.59 Å². The van der Waals surface area contributed by atoms with Crippen molar-refractivity contribution in [2.45, 2.75) is 0 Å². The van der Waals surface area contributed by atoms with Crippen LogP contribution in [0.1, 0.15) is 20.7 Å². The van der Waals surface area contributed by atoms with Crippen LogP contribution in [0.3, 0.4) is 0 Å². The highest BCUT2D eigenvalue weighted by atomic mass is 16.2. The number of benzene rings is 1. The second-order valence-electron chi connectivity index (χ2n) is 3.43. The fourth-order valence-electron chi connectivity index (χ4n) is 1.67. The van der Waals surface area contributed by atoms with Gasteiger partial charge >= 0.3 is 0 Å². The van der Waals surface area contributed by atoms with Gasteiger partial charge in [0.1, 0.15) is 0 Å². The normalized spacial score (nSPS) is 14.6. The predicted octanol–water partition coefficient (Wildman–Crippen LogP) is 2.02. The molecule has 0 bridgehead atoms. The third-order valence-electron chi connectivity index (χ3n) is 2.44. The Hall–Kier alpha value is -2.16. The highest BCUT2D eigenvalue weighted by molar-refractivity contribution is 6.21. The Kier molecular flexibility index (Phi) is 2.68. The molecule has 80 valence electrons. The molecule has 0 atom stereocenters. The molecule has 0 saturated carbocycles. The monoisotopic (exact) mass is 213 g/mol. The summed E-state index contributed by atoms with van der Waals surface area (Å²) >= 11 is 0. The van der Waals surface area contributed by atoms with Crippen LogP contribution in [-0.2, 0) is 0 Å². The minimum atomic E-state index is -0.227.